The first-order valence-corrected chi connectivity index (χ1v) is 15.6. The molecular formula is C31H44N4O10S. The van der Waals surface area contributed by atoms with E-state index in [9.17, 15) is 19.2 Å². The summed E-state index contributed by atoms with van der Waals surface area (Å²) in [6.07, 6.45) is -0.755. The van der Waals surface area contributed by atoms with Crippen LogP contribution in [0.4, 0.5) is 0 Å². The summed E-state index contributed by atoms with van der Waals surface area (Å²) in [6, 6.07) is 4.61. The van der Waals surface area contributed by atoms with Crippen LogP contribution in [0.2, 0.25) is 0 Å². The van der Waals surface area contributed by atoms with E-state index in [1.807, 2.05) is 22.8 Å². The number of nitrogens with one attached hydrogen (secondary N) is 1. The molecule has 5 atom stereocenters. The number of benzene rings is 1. The number of unbranched alkanes of at least 4 members (excludes halogenated alkanes) is 2. The standard InChI is InChI=1S/C31H44N4O10S/c1-8-9-10-15-34-26(14-12-22-11-13-23(40-6)24(16-22)41-7)33-35(31(34)46)30-27(32-18(2)36)29(44-21(5)39)28(43-20(4)38)25(45-30)17-42-19(3)37/h11,13,16,25,27-30H,8-10,12,14-15,17H2,1-7H3,(H,32,36)/t25-,27-,28-,29-,30-/m1/s1. The van der Waals surface area contributed by atoms with Gasteiger partial charge in [-0.1, -0.05) is 25.8 Å². The minimum absolute atomic E-state index is 0.317. The molecule has 254 valence electrons. The van der Waals surface area contributed by atoms with E-state index >= 15 is 0 Å². The van der Waals surface area contributed by atoms with Crippen molar-refractivity contribution >= 4 is 36.0 Å². The van der Waals surface area contributed by atoms with Gasteiger partial charge in [0.2, 0.25) is 5.91 Å². The molecule has 1 saturated heterocycles. The van der Waals surface area contributed by atoms with Crippen molar-refractivity contribution < 1.29 is 47.6 Å². The molecule has 1 N–H and O–H groups in total. The van der Waals surface area contributed by atoms with Crippen LogP contribution in [0.25, 0.3) is 0 Å². The van der Waals surface area contributed by atoms with Crippen molar-refractivity contribution in [3.05, 3.63) is 34.4 Å². The van der Waals surface area contributed by atoms with E-state index in [-0.39, 0.29) is 6.61 Å². The predicted octanol–water partition coefficient (Wildman–Crippen LogP) is 3.24. The Kier molecular flexibility index (Phi) is 13.5. The minimum atomic E-state index is -1.23. The van der Waals surface area contributed by atoms with Gasteiger partial charge in [0, 0.05) is 40.7 Å². The molecule has 0 unspecified atom stereocenters. The monoisotopic (exact) mass is 664 g/mol. The van der Waals surface area contributed by atoms with Crippen LogP contribution in [0.15, 0.2) is 18.2 Å². The highest BCUT2D eigenvalue weighted by Crippen LogP contribution is 2.33. The summed E-state index contributed by atoms with van der Waals surface area (Å²) in [4.78, 5) is 48.7. The molecule has 0 spiro atoms. The molecule has 1 fully saturated rings. The molecule has 14 nitrogen and oxygen atoms in total. The summed E-state index contributed by atoms with van der Waals surface area (Å²) in [5.41, 5.74) is 0.990. The number of amides is 1. The number of nitrogens with zero attached hydrogens (tertiary/aromatic N) is 3. The number of carbonyl (C=O) groups is 4. The molecule has 0 aliphatic carbocycles. The Balaban J connectivity index is 2.11. The lowest BCUT2D eigenvalue weighted by Crippen LogP contribution is -2.64. The quantitative estimate of drug-likeness (QED) is 0.128. The van der Waals surface area contributed by atoms with Gasteiger partial charge in [0.1, 0.15) is 24.6 Å². The van der Waals surface area contributed by atoms with Crippen molar-refractivity contribution in [2.75, 3.05) is 20.8 Å². The molecule has 3 rings (SSSR count). The normalized spacial score (nSPS) is 20.8. The molecule has 1 amide bonds. The number of hydrogen-bond acceptors (Lipinski definition) is 12. The van der Waals surface area contributed by atoms with Crippen molar-refractivity contribution in [1.29, 1.82) is 0 Å². The Morgan fingerprint density at radius 2 is 1.61 bits per heavy atom. The smallest absolute Gasteiger partial charge is 0.303 e. The van der Waals surface area contributed by atoms with Crippen LogP contribution in [0.1, 0.15) is 71.5 Å². The Morgan fingerprint density at radius 1 is 0.935 bits per heavy atom. The maximum atomic E-state index is 12.5. The van der Waals surface area contributed by atoms with Gasteiger partial charge in [-0.25, -0.2) is 4.68 Å². The summed E-state index contributed by atoms with van der Waals surface area (Å²) in [5.74, 6) is -0.529. The lowest BCUT2D eigenvalue weighted by molar-refractivity contribution is -0.239. The van der Waals surface area contributed by atoms with Gasteiger partial charge in [-0.3, -0.25) is 19.2 Å². The van der Waals surface area contributed by atoms with E-state index < -0.39 is 54.4 Å². The van der Waals surface area contributed by atoms with E-state index in [4.69, 9.17) is 45.7 Å². The maximum absolute atomic E-state index is 12.5. The lowest BCUT2D eigenvalue weighted by Gasteiger charge is -2.45. The van der Waals surface area contributed by atoms with Gasteiger partial charge in [0.25, 0.3) is 0 Å². The summed E-state index contributed by atoms with van der Waals surface area (Å²) in [7, 11) is 3.15. The summed E-state index contributed by atoms with van der Waals surface area (Å²) < 4.78 is 37.3. The van der Waals surface area contributed by atoms with Gasteiger partial charge in [0.15, 0.2) is 34.7 Å². The van der Waals surface area contributed by atoms with E-state index in [0.717, 1.165) is 24.8 Å². The van der Waals surface area contributed by atoms with Gasteiger partial charge in [-0.2, -0.15) is 5.10 Å². The SMILES string of the molecule is CCCCCn1c(CCc2ccc(OC)c(OC)c2)nn([C@@H]2O[C@H](COC(C)=O)[C@@H](OC(C)=O)[C@H](OC(C)=O)[C@H]2NC(C)=O)c1=S. The fourth-order valence-electron chi connectivity index (χ4n) is 5.36. The first-order chi connectivity index (χ1) is 21.9. The number of esters is 3. The van der Waals surface area contributed by atoms with Gasteiger partial charge in [-0.05, 0) is 42.8 Å². The third-order valence-electron chi connectivity index (χ3n) is 7.36. The highest BCUT2D eigenvalue weighted by atomic mass is 32.1. The van der Waals surface area contributed by atoms with Crippen molar-refractivity contribution in [2.24, 2.45) is 0 Å². The molecule has 46 heavy (non-hydrogen) atoms. The number of carbonyl (C=O) groups excluding carboxylic acids is 4. The zero-order valence-electron chi connectivity index (χ0n) is 27.4. The van der Waals surface area contributed by atoms with Crippen molar-refractivity contribution in [3.8, 4) is 11.5 Å². The zero-order chi connectivity index (χ0) is 34.0. The molecule has 1 aromatic heterocycles. The predicted molar refractivity (Wildman–Crippen MR) is 167 cm³/mol. The molecule has 2 heterocycles. The van der Waals surface area contributed by atoms with Crippen LogP contribution in [0.5, 0.6) is 11.5 Å². The van der Waals surface area contributed by atoms with Crippen LogP contribution in [-0.4, -0.2) is 83.3 Å². The molecule has 0 saturated carbocycles. The van der Waals surface area contributed by atoms with Crippen molar-refractivity contribution in [3.63, 3.8) is 0 Å². The van der Waals surface area contributed by atoms with Crippen molar-refractivity contribution in [1.82, 2.24) is 19.7 Å². The molecule has 0 radical (unpaired) electrons. The third kappa shape index (κ3) is 9.52. The number of aryl methyl sites for hydroxylation is 2. The first kappa shape index (κ1) is 36.5. The third-order valence-corrected chi connectivity index (χ3v) is 7.77. The Bertz CT molecular complexity index is 1440. The van der Waals surface area contributed by atoms with E-state index in [1.165, 1.54) is 32.4 Å². The Labute approximate surface area is 273 Å². The molecule has 0 bridgehead atoms. The summed E-state index contributed by atoms with van der Waals surface area (Å²) >= 11 is 5.94. The van der Waals surface area contributed by atoms with Crippen LogP contribution in [0.3, 0.4) is 0 Å². The maximum Gasteiger partial charge on any atom is 0.303 e. The summed E-state index contributed by atoms with van der Waals surface area (Å²) in [6.45, 7) is 7.27. The lowest BCUT2D eigenvalue weighted by atomic mass is 9.95. The number of methoxy groups -OCH3 is 2. The first-order valence-electron chi connectivity index (χ1n) is 15.2. The van der Waals surface area contributed by atoms with Crippen LogP contribution >= 0.6 is 12.2 Å². The fraction of sp³-hybridized carbons (Fsp3) is 0.613. The second-order valence-electron chi connectivity index (χ2n) is 10.9. The molecule has 2 aromatic rings. The van der Waals surface area contributed by atoms with Crippen molar-refractivity contribution in [2.45, 2.75) is 104 Å². The van der Waals surface area contributed by atoms with E-state index in [0.29, 0.717) is 41.5 Å². The van der Waals surface area contributed by atoms with E-state index in [2.05, 4.69) is 12.2 Å². The number of aromatic nitrogens is 3. The molecule has 1 aliphatic rings. The van der Waals surface area contributed by atoms with Crippen LogP contribution < -0.4 is 14.8 Å². The van der Waals surface area contributed by atoms with E-state index in [1.54, 1.807) is 14.2 Å². The molecular weight excluding hydrogens is 620 g/mol. The Morgan fingerprint density at radius 3 is 2.20 bits per heavy atom. The van der Waals surface area contributed by atoms with Gasteiger partial charge >= 0.3 is 17.9 Å². The highest BCUT2D eigenvalue weighted by Gasteiger charge is 2.52. The highest BCUT2D eigenvalue weighted by molar-refractivity contribution is 7.71. The van der Waals surface area contributed by atoms with Crippen LogP contribution in [-0.2, 0) is 57.5 Å². The number of ether oxygens (including phenoxy) is 6. The second-order valence-corrected chi connectivity index (χ2v) is 11.3. The molecule has 1 aliphatic heterocycles. The van der Waals surface area contributed by atoms with Gasteiger partial charge < -0.3 is 38.3 Å². The number of hydrogen-bond donors (Lipinski definition) is 1. The molecule has 1 aromatic carbocycles. The number of rotatable bonds is 15. The Hall–Kier alpha value is -3.98. The summed E-state index contributed by atoms with van der Waals surface area (Å²) in [5, 5.41) is 7.66. The average molecular weight is 665 g/mol. The fourth-order valence-corrected chi connectivity index (χ4v) is 5.70. The minimum Gasteiger partial charge on any atom is -0.493 e. The molecule has 15 heteroatoms. The van der Waals surface area contributed by atoms with Gasteiger partial charge in [0.05, 0.1) is 14.2 Å². The van der Waals surface area contributed by atoms with Crippen LogP contribution in [0, 0.1) is 4.77 Å². The zero-order valence-corrected chi connectivity index (χ0v) is 28.2. The second kappa shape index (κ2) is 17.1. The topological polar surface area (TPSA) is 158 Å². The average Bonchev–Trinajstić information content (AvgIpc) is 3.30. The largest absolute Gasteiger partial charge is 0.493 e. The van der Waals surface area contributed by atoms with Gasteiger partial charge in [-0.15, -0.1) is 0 Å².